The molecule has 0 heterocycles. The summed E-state index contributed by atoms with van der Waals surface area (Å²) in [6, 6.07) is 0.315. The van der Waals surface area contributed by atoms with Crippen molar-refractivity contribution in [3.63, 3.8) is 0 Å². The van der Waals surface area contributed by atoms with Crippen molar-refractivity contribution < 1.29 is 4.79 Å². The molecule has 0 aromatic carbocycles. The summed E-state index contributed by atoms with van der Waals surface area (Å²) in [7, 11) is 0. The first-order chi connectivity index (χ1) is 4.57. The van der Waals surface area contributed by atoms with Gasteiger partial charge in [0.05, 0.1) is 0 Å². The van der Waals surface area contributed by atoms with Crippen molar-refractivity contribution >= 4 is 5.91 Å². The van der Waals surface area contributed by atoms with E-state index in [0.717, 1.165) is 6.42 Å². The predicted octanol–water partition coefficient (Wildman–Crippen LogP) is 1.56. The van der Waals surface area contributed by atoms with E-state index in [9.17, 15) is 4.79 Å². The minimum atomic E-state index is 0.106. The van der Waals surface area contributed by atoms with Crippen LogP contribution in [0.3, 0.4) is 0 Å². The molecule has 1 unspecified atom stereocenters. The number of hydrogen-bond donors (Lipinski definition) is 1. The molecule has 0 fully saturated rings. The lowest BCUT2D eigenvalue weighted by atomic mass is 10.2. The molecule has 0 saturated heterocycles. The Morgan fingerprint density at radius 1 is 1.40 bits per heavy atom. The van der Waals surface area contributed by atoms with E-state index in [0.29, 0.717) is 6.04 Å². The van der Waals surface area contributed by atoms with Crippen molar-refractivity contribution in [1.82, 2.24) is 5.32 Å². The lowest BCUT2D eigenvalue weighted by Crippen LogP contribution is -2.34. The molecular formula is C8H17NO. The molecule has 0 bridgehead atoms. The molecule has 10 heavy (non-hydrogen) atoms. The fourth-order valence-corrected chi connectivity index (χ4v) is 0.512. The number of amides is 1. The third-order valence-corrected chi connectivity index (χ3v) is 1.53. The Morgan fingerprint density at radius 2 is 1.90 bits per heavy atom. The summed E-state index contributed by atoms with van der Waals surface area (Å²) < 4.78 is 0. The van der Waals surface area contributed by atoms with E-state index in [1.807, 2.05) is 20.8 Å². The molecule has 1 amide bonds. The van der Waals surface area contributed by atoms with Crippen LogP contribution in [0.2, 0.25) is 0 Å². The summed E-state index contributed by atoms with van der Waals surface area (Å²) in [4.78, 5) is 11.0. The zero-order valence-electron chi connectivity index (χ0n) is 7.27. The lowest BCUT2D eigenvalue weighted by Gasteiger charge is -2.12. The van der Waals surface area contributed by atoms with E-state index < -0.39 is 0 Å². The van der Waals surface area contributed by atoms with Crippen molar-refractivity contribution in [3.05, 3.63) is 0 Å². The van der Waals surface area contributed by atoms with Crippen LogP contribution in [0.1, 0.15) is 34.1 Å². The van der Waals surface area contributed by atoms with Crippen LogP contribution in [0.4, 0.5) is 0 Å². The Balaban J connectivity index is 3.57. The first kappa shape index (κ1) is 9.47. The van der Waals surface area contributed by atoms with Crippen LogP contribution >= 0.6 is 0 Å². The summed E-state index contributed by atoms with van der Waals surface area (Å²) in [5.74, 6) is 0.253. The predicted molar refractivity (Wildman–Crippen MR) is 42.7 cm³/mol. The molecule has 0 rings (SSSR count). The normalized spacial score (nSPS) is 13.3. The minimum absolute atomic E-state index is 0.106. The molecule has 0 aromatic heterocycles. The van der Waals surface area contributed by atoms with Crippen LogP contribution in [0.15, 0.2) is 0 Å². The van der Waals surface area contributed by atoms with E-state index in [1.165, 1.54) is 0 Å². The van der Waals surface area contributed by atoms with Crippen molar-refractivity contribution in [2.24, 2.45) is 5.92 Å². The molecule has 0 aliphatic heterocycles. The Labute approximate surface area is 63.0 Å². The highest BCUT2D eigenvalue weighted by Crippen LogP contribution is 1.94. The molecule has 2 nitrogen and oxygen atoms in total. The minimum Gasteiger partial charge on any atom is -0.353 e. The van der Waals surface area contributed by atoms with Gasteiger partial charge in [0.15, 0.2) is 0 Å². The SMILES string of the molecule is CCC(C)NC(=O)C(C)C. The number of carbonyl (C=O) groups excluding carboxylic acids is 1. The van der Waals surface area contributed by atoms with Gasteiger partial charge < -0.3 is 5.32 Å². The summed E-state index contributed by atoms with van der Waals surface area (Å²) in [5.41, 5.74) is 0. The van der Waals surface area contributed by atoms with E-state index in [1.54, 1.807) is 0 Å². The van der Waals surface area contributed by atoms with Crippen LogP contribution in [-0.4, -0.2) is 11.9 Å². The first-order valence-electron chi connectivity index (χ1n) is 3.88. The monoisotopic (exact) mass is 143 g/mol. The van der Waals surface area contributed by atoms with Gasteiger partial charge in [-0.25, -0.2) is 0 Å². The third-order valence-electron chi connectivity index (χ3n) is 1.53. The Bertz CT molecular complexity index is 110. The van der Waals surface area contributed by atoms with Gasteiger partial charge in [-0.3, -0.25) is 4.79 Å². The molecule has 0 radical (unpaired) electrons. The average molecular weight is 143 g/mol. The summed E-state index contributed by atoms with van der Waals surface area (Å²) in [5, 5.41) is 2.89. The number of rotatable bonds is 3. The molecule has 60 valence electrons. The van der Waals surface area contributed by atoms with Crippen LogP contribution in [-0.2, 0) is 4.79 Å². The van der Waals surface area contributed by atoms with Crippen LogP contribution in [0.5, 0.6) is 0 Å². The van der Waals surface area contributed by atoms with Gasteiger partial charge in [0.25, 0.3) is 0 Å². The Hall–Kier alpha value is -0.530. The van der Waals surface area contributed by atoms with Gasteiger partial charge in [-0.05, 0) is 13.3 Å². The summed E-state index contributed by atoms with van der Waals surface area (Å²) in [6.07, 6.45) is 0.998. The second-order valence-electron chi connectivity index (χ2n) is 2.97. The Morgan fingerprint density at radius 3 is 2.20 bits per heavy atom. The fourth-order valence-electron chi connectivity index (χ4n) is 0.512. The smallest absolute Gasteiger partial charge is 0.222 e. The molecule has 0 aromatic rings. The average Bonchev–Trinajstić information content (AvgIpc) is 1.87. The number of hydrogen-bond acceptors (Lipinski definition) is 1. The van der Waals surface area contributed by atoms with Crippen molar-refractivity contribution in [2.75, 3.05) is 0 Å². The van der Waals surface area contributed by atoms with Crippen molar-refractivity contribution in [3.8, 4) is 0 Å². The van der Waals surface area contributed by atoms with Gasteiger partial charge in [-0.1, -0.05) is 20.8 Å². The summed E-state index contributed by atoms with van der Waals surface area (Å²) in [6.45, 7) is 7.88. The topological polar surface area (TPSA) is 29.1 Å². The van der Waals surface area contributed by atoms with Crippen molar-refractivity contribution in [2.45, 2.75) is 40.2 Å². The maximum atomic E-state index is 11.0. The van der Waals surface area contributed by atoms with Gasteiger partial charge >= 0.3 is 0 Å². The standard InChI is InChI=1S/C8H17NO/c1-5-7(4)9-8(10)6(2)3/h6-7H,5H2,1-4H3,(H,9,10). The molecule has 2 heteroatoms. The largest absolute Gasteiger partial charge is 0.353 e. The van der Waals surface area contributed by atoms with Crippen LogP contribution in [0, 0.1) is 5.92 Å². The van der Waals surface area contributed by atoms with E-state index >= 15 is 0 Å². The number of nitrogens with one attached hydrogen (secondary N) is 1. The molecule has 1 atom stereocenters. The zero-order valence-corrected chi connectivity index (χ0v) is 7.27. The lowest BCUT2D eigenvalue weighted by molar-refractivity contribution is -0.124. The molecule has 0 aliphatic rings. The second kappa shape index (κ2) is 4.31. The van der Waals surface area contributed by atoms with E-state index in [2.05, 4.69) is 12.2 Å². The van der Waals surface area contributed by atoms with Gasteiger partial charge in [-0.15, -0.1) is 0 Å². The zero-order chi connectivity index (χ0) is 8.15. The number of carbonyl (C=O) groups is 1. The maximum absolute atomic E-state index is 11.0. The maximum Gasteiger partial charge on any atom is 0.222 e. The third kappa shape index (κ3) is 3.49. The van der Waals surface area contributed by atoms with Crippen molar-refractivity contribution in [1.29, 1.82) is 0 Å². The molecule has 0 aliphatic carbocycles. The summed E-state index contributed by atoms with van der Waals surface area (Å²) >= 11 is 0. The first-order valence-corrected chi connectivity index (χ1v) is 3.88. The van der Waals surface area contributed by atoms with Crippen LogP contribution < -0.4 is 5.32 Å². The highest BCUT2D eigenvalue weighted by molar-refractivity contribution is 5.78. The quantitative estimate of drug-likeness (QED) is 0.638. The van der Waals surface area contributed by atoms with Gasteiger partial charge in [0.2, 0.25) is 5.91 Å². The Kier molecular flexibility index (Phi) is 4.08. The van der Waals surface area contributed by atoms with E-state index in [-0.39, 0.29) is 11.8 Å². The van der Waals surface area contributed by atoms with Gasteiger partial charge in [0, 0.05) is 12.0 Å². The molecule has 0 spiro atoms. The highest BCUT2D eigenvalue weighted by atomic mass is 16.1. The van der Waals surface area contributed by atoms with Gasteiger partial charge in [0.1, 0.15) is 0 Å². The van der Waals surface area contributed by atoms with Crippen LogP contribution in [0.25, 0.3) is 0 Å². The highest BCUT2D eigenvalue weighted by Gasteiger charge is 2.08. The van der Waals surface area contributed by atoms with Gasteiger partial charge in [-0.2, -0.15) is 0 Å². The fraction of sp³-hybridized carbons (Fsp3) is 0.875. The molecule has 1 N–H and O–H groups in total. The second-order valence-corrected chi connectivity index (χ2v) is 2.97. The molecular weight excluding hydrogens is 126 g/mol. The van der Waals surface area contributed by atoms with E-state index in [4.69, 9.17) is 0 Å². The molecule has 0 saturated carbocycles.